The van der Waals surface area contributed by atoms with Crippen molar-refractivity contribution in [2.45, 2.75) is 45.7 Å². The minimum absolute atomic E-state index is 0. The van der Waals surface area contributed by atoms with Crippen LogP contribution < -0.4 is 25.4 Å². The third-order valence-corrected chi connectivity index (χ3v) is 5.58. The van der Waals surface area contributed by atoms with Gasteiger partial charge in [-0.05, 0) is 55.2 Å². The van der Waals surface area contributed by atoms with Gasteiger partial charge in [0.1, 0.15) is 0 Å². The number of fused-ring (bicyclic) bond motifs is 1. The molecule has 32 heavy (non-hydrogen) atoms. The van der Waals surface area contributed by atoms with Gasteiger partial charge in [-0.2, -0.15) is 0 Å². The third-order valence-electron chi connectivity index (χ3n) is 5.58. The van der Waals surface area contributed by atoms with E-state index in [9.17, 15) is 4.79 Å². The van der Waals surface area contributed by atoms with Crippen molar-refractivity contribution in [2.24, 2.45) is 10.9 Å². The van der Waals surface area contributed by atoms with Crippen LogP contribution in [-0.2, 0) is 17.9 Å². The number of aliphatic imine (C=N–C) groups is 1. The van der Waals surface area contributed by atoms with Crippen molar-refractivity contribution in [3.8, 4) is 11.5 Å². The number of carbonyl (C=O) groups is 1. The zero-order chi connectivity index (χ0) is 21.5. The highest BCUT2D eigenvalue weighted by atomic mass is 127. The van der Waals surface area contributed by atoms with E-state index in [2.05, 4.69) is 16.0 Å². The Hall–Kier alpha value is -2.49. The second kappa shape index (κ2) is 11.9. The number of rotatable bonds is 7. The molecule has 0 atom stereocenters. The molecule has 2 aromatic rings. The van der Waals surface area contributed by atoms with E-state index in [0.717, 1.165) is 66.5 Å². The lowest BCUT2D eigenvalue weighted by Gasteiger charge is -2.13. The summed E-state index contributed by atoms with van der Waals surface area (Å²) in [6, 6.07) is 13.8. The van der Waals surface area contributed by atoms with Gasteiger partial charge in [-0.3, -0.25) is 4.79 Å². The normalized spacial score (nSPS) is 15.2. The molecule has 3 N–H and O–H groups in total. The first-order valence-corrected chi connectivity index (χ1v) is 11.0. The quantitative estimate of drug-likeness (QED) is 0.270. The number of nitrogens with zero attached hydrogens (tertiary/aromatic N) is 1. The molecule has 2 aliphatic rings. The number of nitrogens with one attached hydrogen (secondary N) is 3. The Kier molecular flexibility index (Phi) is 9.01. The number of hydrogen-bond acceptors (Lipinski definition) is 4. The van der Waals surface area contributed by atoms with E-state index in [1.54, 1.807) is 0 Å². The van der Waals surface area contributed by atoms with E-state index in [1.165, 1.54) is 0 Å². The Morgan fingerprint density at radius 2 is 1.84 bits per heavy atom. The minimum atomic E-state index is 0. The first-order valence-electron chi connectivity index (χ1n) is 11.0. The van der Waals surface area contributed by atoms with Gasteiger partial charge >= 0.3 is 0 Å². The van der Waals surface area contributed by atoms with E-state index in [-0.39, 0.29) is 42.6 Å². The number of hydrogen-bond donors (Lipinski definition) is 3. The van der Waals surface area contributed by atoms with Gasteiger partial charge in [0.2, 0.25) is 12.7 Å². The molecule has 1 fully saturated rings. The summed E-state index contributed by atoms with van der Waals surface area (Å²) in [6.45, 7) is 4.22. The molecule has 8 heteroatoms. The maximum Gasteiger partial charge on any atom is 0.231 e. The molecule has 0 spiro atoms. The van der Waals surface area contributed by atoms with Crippen LogP contribution in [0.5, 0.6) is 11.5 Å². The van der Waals surface area contributed by atoms with Gasteiger partial charge in [0, 0.05) is 24.7 Å². The molecular formula is C24H31IN4O3. The van der Waals surface area contributed by atoms with Crippen molar-refractivity contribution in [3.05, 3.63) is 53.6 Å². The molecule has 0 radical (unpaired) electrons. The molecule has 0 saturated heterocycles. The summed E-state index contributed by atoms with van der Waals surface area (Å²) >= 11 is 0. The van der Waals surface area contributed by atoms with Gasteiger partial charge in [0.05, 0.1) is 6.54 Å². The zero-order valence-electron chi connectivity index (χ0n) is 18.4. The summed E-state index contributed by atoms with van der Waals surface area (Å²) in [5, 5.41) is 9.69. The molecule has 1 amide bonds. The van der Waals surface area contributed by atoms with E-state index < -0.39 is 0 Å². The molecule has 1 saturated carbocycles. The Labute approximate surface area is 206 Å². The highest BCUT2D eigenvalue weighted by Crippen LogP contribution is 2.32. The van der Waals surface area contributed by atoms with Gasteiger partial charge < -0.3 is 25.4 Å². The Balaban J connectivity index is 0.00000289. The van der Waals surface area contributed by atoms with Crippen LogP contribution in [0.1, 0.15) is 43.7 Å². The van der Waals surface area contributed by atoms with Crippen LogP contribution in [0.2, 0.25) is 0 Å². The van der Waals surface area contributed by atoms with E-state index in [4.69, 9.17) is 14.5 Å². The molecule has 4 rings (SSSR count). The minimum Gasteiger partial charge on any atom is -0.454 e. The van der Waals surface area contributed by atoms with Gasteiger partial charge in [-0.25, -0.2) is 4.99 Å². The van der Waals surface area contributed by atoms with E-state index in [0.29, 0.717) is 13.1 Å². The maximum absolute atomic E-state index is 12.4. The molecule has 7 nitrogen and oxygen atoms in total. The molecule has 172 valence electrons. The summed E-state index contributed by atoms with van der Waals surface area (Å²) < 4.78 is 10.8. The first-order chi connectivity index (χ1) is 15.2. The van der Waals surface area contributed by atoms with Crippen LogP contribution in [0.3, 0.4) is 0 Å². The Morgan fingerprint density at radius 3 is 2.66 bits per heavy atom. The second-order valence-electron chi connectivity index (χ2n) is 7.91. The highest BCUT2D eigenvalue weighted by Gasteiger charge is 2.22. The lowest BCUT2D eigenvalue weighted by molar-refractivity contribution is -0.119. The molecule has 1 heterocycles. The predicted octanol–water partition coefficient (Wildman–Crippen LogP) is 4.42. The topological polar surface area (TPSA) is 84.0 Å². The molecule has 1 aliphatic carbocycles. The third kappa shape index (κ3) is 6.51. The number of carbonyl (C=O) groups excluding carboxylic acids is 1. The van der Waals surface area contributed by atoms with Crippen molar-refractivity contribution in [3.63, 3.8) is 0 Å². The van der Waals surface area contributed by atoms with Gasteiger partial charge in [0.15, 0.2) is 17.5 Å². The SMILES string of the molecule is CCNC(=NCc1cccc(NC(=O)C2CCCC2)c1)NCc1ccc2c(c1)OCO2.I. The largest absolute Gasteiger partial charge is 0.454 e. The summed E-state index contributed by atoms with van der Waals surface area (Å²) in [5.41, 5.74) is 2.97. The number of guanidine groups is 1. The lowest BCUT2D eigenvalue weighted by atomic mass is 10.1. The average Bonchev–Trinajstić information content (AvgIpc) is 3.48. The average molecular weight is 550 g/mol. The first kappa shape index (κ1) is 24.2. The van der Waals surface area contributed by atoms with Crippen molar-refractivity contribution in [2.75, 3.05) is 18.7 Å². The van der Waals surface area contributed by atoms with E-state index in [1.807, 2.05) is 49.4 Å². The monoisotopic (exact) mass is 550 g/mol. The second-order valence-corrected chi connectivity index (χ2v) is 7.91. The van der Waals surface area contributed by atoms with Crippen molar-refractivity contribution in [1.82, 2.24) is 10.6 Å². The van der Waals surface area contributed by atoms with Crippen molar-refractivity contribution >= 4 is 41.5 Å². The van der Waals surface area contributed by atoms with Crippen molar-refractivity contribution in [1.29, 1.82) is 0 Å². The number of ether oxygens (including phenoxy) is 2. The summed E-state index contributed by atoms with van der Waals surface area (Å²) in [5.74, 6) is 2.58. The summed E-state index contributed by atoms with van der Waals surface area (Å²) in [6.07, 6.45) is 4.30. The van der Waals surface area contributed by atoms with Gasteiger partial charge in [0.25, 0.3) is 0 Å². The van der Waals surface area contributed by atoms with Crippen LogP contribution in [0, 0.1) is 5.92 Å². The predicted molar refractivity (Wildman–Crippen MR) is 137 cm³/mol. The van der Waals surface area contributed by atoms with Crippen LogP contribution >= 0.6 is 24.0 Å². The van der Waals surface area contributed by atoms with Crippen LogP contribution in [-0.4, -0.2) is 25.2 Å². The highest BCUT2D eigenvalue weighted by molar-refractivity contribution is 14.0. The van der Waals surface area contributed by atoms with Gasteiger partial charge in [-0.1, -0.05) is 31.0 Å². The fourth-order valence-electron chi connectivity index (χ4n) is 3.93. The molecule has 0 unspecified atom stereocenters. The zero-order valence-corrected chi connectivity index (χ0v) is 20.7. The molecule has 0 aromatic heterocycles. The summed E-state index contributed by atoms with van der Waals surface area (Å²) in [7, 11) is 0. The molecular weight excluding hydrogens is 519 g/mol. The fraction of sp³-hybridized carbons (Fsp3) is 0.417. The van der Waals surface area contributed by atoms with Gasteiger partial charge in [-0.15, -0.1) is 24.0 Å². The lowest BCUT2D eigenvalue weighted by Crippen LogP contribution is -2.36. The van der Waals surface area contributed by atoms with Crippen molar-refractivity contribution < 1.29 is 14.3 Å². The summed E-state index contributed by atoms with van der Waals surface area (Å²) in [4.78, 5) is 17.1. The molecule has 1 aliphatic heterocycles. The van der Waals surface area contributed by atoms with Crippen LogP contribution in [0.4, 0.5) is 5.69 Å². The Morgan fingerprint density at radius 1 is 1.03 bits per heavy atom. The van der Waals surface area contributed by atoms with Crippen LogP contribution in [0.15, 0.2) is 47.5 Å². The Bertz CT molecular complexity index is 945. The van der Waals surface area contributed by atoms with E-state index >= 15 is 0 Å². The standard InChI is InChI=1S/C24H30N4O3.HI/c1-2-25-24(27-15-18-10-11-21-22(13-18)31-16-30-21)26-14-17-6-5-9-20(12-17)28-23(29)19-7-3-4-8-19;/h5-6,9-13,19H,2-4,7-8,14-16H2,1H3,(H,28,29)(H2,25,26,27);1H. The molecule has 0 bridgehead atoms. The maximum atomic E-state index is 12.4. The number of benzene rings is 2. The number of amides is 1. The van der Waals surface area contributed by atoms with Crippen LogP contribution in [0.25, 0.3) is 0 Å². The molecule has 2 aromatic carbocycles. The number of halogens is 1. The number of anilines is 1. The fourth-order valence-corrected chi connectivity index (χ4v) is 3.93. The smallest absolute Gasteiger partial charge is 0.231 e.